The van der Waals surface area contributed by atoms with Crippen LogP contribution in [0, 0.1) is 17.6 Å². The van der Waals surface area contributed by atoms with E-state index in [0.29, 0.717) is 17.9 Å². The van der Waals surface area contributed by atoms with E-state index >= 15 is 0 Å². The molecule has 2 aromatic carbocycles. The Balaban J connectivity index is 1.37. The molecule has 154 valence electrons. The monoisotopic (exact) mass is 394 g/mol. The molecule has 2 aliphatic carbocycles. The Bertz CT molecular complexity index is 842. The molecule has 2 heteroatoms. The number of hydrogen-bond donors (Lipinski definition) is 0. The van der Waals surface area contributed by atoms with Crippen LogP contribution in [0.3, 0.4) is 0 Å². The Morgan fingerprint density at radius 2 is 1.55 bits per heavy atom. The highest BCUT2D eigenvalue weighted by atomic mass is 19.2. The van der Waals surface area contributed by atoms with Gasteiger partial charge in [-0.25, -0.2) is 8.78 Å². The summed E-state index contributed by atoms with van der Waals surface area (Å²) in [5, 5.41) is 0. The molecule has 0 radical (unpaired) electrons. The van der Waals surface area contributed by atoms with Gasteiger partial charge in [-0.2, -0.15) is 0 Å². The highest BCUT2D eigenvalue weighted by Crippen LogP contribution is 2.39. The van der Waals surface area contributed by atoms with Crippen molar-refractivity contribution in [1.82, 2.24) is 0 Å². The highest BCUT2D eigenvalue weighted by Gasteiger charge is 2.25. The summed E-state index contributed by atoms with van der Waals surface area (Å²) in [4.78, 5) is 0. The van der Waals surface area contributed by atoms with Gasteiger partial charge in [0, 0.05) is 0 Å². The van der Waals surface area contributed by atoms with Crippen LogP contribution in [0.2, 0.25) is 0 Å². The molecule has 1 atom stereocenters. The molecule has 2 aliphatic rings. The third kappa shape index (κ3) is 4.63. The van der Waals surface area contributed by atoms with Gasteiger partial charge in [0.2, 0.25) is 0 Å². The van der Waals surface area contributed by atoms with Gasteiger partial charge in [0.1, 0.15) is 0 Å². The van der Waals surface area contributed by atoms with Crippen LogP contribution in [0.1, 0.15) is 86.0 Å². The first-order valence-electron chi connectivity index (χ1n) is 11.3. The van der Waals surface area contributed by atoms with Crippen molar-refractivity contribution in [1.29, 1.82) is 0 Å². The molecule has 4 rings (SSSR count). The first-order chi connectivity index (χ1) is 14.2. The van der Waals surface area contributed by atoms with Crippen LogP contribution in [-0.4, -0.2) is 0 Å². The van der Waals surface area contributed by atoms with Crippen LogP contribution in [0.25, 0.3) is 0 Å². The molecule has 0 heterocycles. The van der Waals surface area contributed by atoms with Crippen molar-refractivity contribution in [2.75, 3.05) is 0 Å². The second kappa shape index (κ2) is 9.24. The number of allylic oxidation sites excluding steroid dienone is 2. The zero-order valence-electron chi connectivity index (χ0n) is 17.5. The Morgan fingerprint density at radius 3 is 2.24 bits per heavy atom. The first-order valence-corrected chi connectivity index (χ1v) is 11.3. The summed E-state index contributed by atoms with van der Waals surface area (Å²) in [5.74, 6) is 0.492. The minimum Gasteiger partial charge on any atom is -0.204 e. The summed E-state index contributed by atoms with van der Waals surface area (Å²) < 4.78 is 27.9. The van der Waals surface area contributed by atoms with Crippen LogP contribution >= 0.6 is 0 Å². The minimum atomic E-state index is -0.721. The van der Waals surface area contributed by atoms with E-state index in [9.17, 15) is 8.78 Å². The highest BCUT2D eigenvalue weighted by molar-refractivity contribution is 5.36. The Morgan fingerprint density at radius 1 is 0.862 bits per heavy atom. The van der Waals surface area contributed by atoms with Gasteiger partial charge < -0.3 is 0 Å². The summed E-state index contributed by atoms with van der Waals surface area (Å²) in [6.07, 6.45) is 14.7. The smallest absolute Gasteiger partial charge is 0.162 e. The lowest BCUT2D eigenvalue weighted by Crippen LogP contribution is -2.16. The SMILES string of the molecule is C/C=C/CCC1CCC(c2ccc(C3CCc4ccc(F)c(F)c4C3)cc2)CC1. The molecule has 0 aliphatic heterocycles. The van der Waals surface area contributed by atoms with E-state index in [4.69, 9.17) is 0 Å². The lowest BCUT2D eigenvalue weighted by molar-refractivity contribution is 0.312. The summed E-state index contributed by atoms with van der Waals surface area (Å²) in [6.45, 7) is 2.10. The molecule has 1 fully saturated rings. The van der Waals surface area contributed by atoms with Gasteiger partial charge in [-0.15, -0.1) is 0 Å². The Kier molecular flexibility index (Phi) is 6.47. The Hall–Kier alpha value is -1.96. The van der Waals surface area contributed by atoms with Gasteiger partial charge in [0.15, 0.2) is 11.6 Å². The maximum Gasteiger partial charge on any atom is 0.162 e. The molecule has 0 N–H and O–H groups in total. The van der Waals surface area contributed by atoms with Crippen molar-refractivity contribution >= 4 is 0 Å². The molecule has 29 heavy (non-hydrogen) atoms. The van der Waals surface area contributed by atoms with Crippen LogP contribution in [0.15, 0.2) is 48.6 Å². The Labute approximate surface area is 174 Å². The van der Waals surface area contributed by atoms with Gasteiger partial charge in [-0.1, -0.05) is 42.5 Å². The van der Waals surface area contributed by atoms with Gasteiger partial charge in [-0.3, -0.25) is 0 Å². The van der Waals surface area contributed by atoms with Crippen LogP contribution in [-0.2, 0) is 12.8 Å². The van der Waals surface area contributed by atoms with Crippen molar-refractivity contribution in [3.63, 3.8) is 0 Å². The average Bonchev–Trinajstić information content (AvgIpc) is 2.77. The van der Waals surface area contributed by atoms with Crippen LogP contribution < -0.4 is 0 Å². The van der Waals surface area contributed by atoms with Crippen LogP contribution in [0.5, 0.6) is 0 Å². The molecular formula is C27H32F2. The number of halogens is 2. The summed E-state index contributed by atoms with van der Waals surface area (Å²) in [6, 6.07) is 12.1. The fourth-order valence-electron chi connectivity index (χ4n) is 5.37. The standard InChI is InChI=1S/C27H32F2/c1-2-3-4-5-19-6-8-20(9-7-19)21-10-12-22(13-11-21)24-15-14-23-16-17-26(28)27(29)25(23)18-24/h2-3,10-13,16-17,19-20,24H,4-9,14-15,18H2,1H3/b3-2+. The second-order valence-corrected chi connectivity index (χ2v) is 8.97. The summed E-state index contributed by atoms with van der Waals surface area (Å²) in [7, 11) is 0. The van der Waals surface area contributed by atoms with Gasteiger partial charge in [-0.05, 0) is 111 Å². The number of benzene rings is 2. The molecule has 1 saturated carbocycles. The van der Waals surface area contributed by atoms with E-state index in [-0.39, 0.29) is 5.92 Å². The lowest BCUT2D eigenvalue weighted by atomic mass is 9.76. The number of fused-ring (bicyclic) bond motifs is 1. The molecule has 0 saturated heterocycles. The zero-order valence-corrected chi connectivity index (χ0v) is 17.5. The molecular weight excluding hydrogens is 362 g/mol. The van der Waals surface area contributed by atoms with E-state index in [1.165, 1.54) is 55.7 Å². The largest absolute Gasteiger partial charge is 0.204 e. The fraction of sp³-hybridized carbons (Fsp3) is 0.481. The second-order valence-electron chi connectivity index (χ2n) is 8.97. The maximum atomic E-state index is 14.2. The van der Waals surface area contributed by atoms with E-state index in [1.54, 1.807) is 6.07 Å². The quantitative estimate of drug-likeness (QED) is 0.453. The third-order valence-corrected chi connectivity index (χ3v) is 7.21. The number of rotatable bonds is 5. The molecule has 0 bridgehead atoms. The van der Waals surface area contributed by atoms with Gasteiger partial charge in [0.05, 0.1) is 0 Å². The predicted octanol–water partition coefficient (Wildman–Crippen LogP) is 7.87. The number of hydrogen-bond acceptors (Lipinski definition) is 0. The zero-order chi connectivity index (χ0) is 20.2. The molecule has 0 aromatic heterocycles. The molecule has 0 spiro atoms. The van der Waals surface area contributed by atoms with Crippen molar-refractivity contribution < 1.29 is 8.78 Å². The molecule has 2 aromatic rings. The molecule has 0 nitrogen and oxygen atoms in total. The van der Waals surface area contributed by atoms with Crippen molar-refractivity contribution in [2.45, 2.75) is 76.5 Å². The minimum absolute atomic E-state index is 0.287. The lowest BCUT2D eigenvalue weighted by Gasteiger charge is -2.29. The normalized spacial score (nSPS) is 24.6. The van der Waals surface area contributed by atoms with E-state index < -0.39 is 11.6 Å². The predicted molar refractivity (Wildman–Crippen MR) is 116 cm³/mol. The van der Waals surface area contributed by atoms with Crippen molar-refractivity contribution in [3.8, 4) is 0 Å². The summed E-state index contributed by atoms with van der Waals surface area (Å²) >= 11 is 0. The average molecular weight is 395 g/mol. The molecule has 1 unspecified atom stereocenters. The topological polar surface area (TPSA) is 0 Å². The molecule has 0 amide bonds. The van der Waals surface area contributed by atoms with E-state index in [1.807, 2.05) is 0 Å². The van der Waals surface area contributed by atoms with Crippen molar-refractivity contribution in [3.05, 3.63) is 82.4 Å². The third-order valence-electron chi connectivity index (χ3n) is 7.21. The van der Waals surface area contributed by atoms with Gasteiger partial charge in [0.25, 0.3) is 0 Å². The summed E-state index contributed by atoms with van der Waals surface area (Å²) in [5.41, 5.74) is 4.28. The van der Waals surface area contributed by atoms with Crippen LogP contribution in [0.4, 0.5) is 8.78 Å². The number of aryl methyl sites for hydroxylation is 1. The van der Waals surface area contributed by atoms with Gasteiger partial charge >= 0.3 is 0 Å². The first kappa shape index (κ1) is 20.3. The van der Waals surface area contributed by atoms with Crippen molar-refractivity contribution in [2.24, 2.45) is 5.92 Å². The fourth-order valence-corrected chi connectivity index (χ4v) is 5.37. The maximum absolute atomic E-state index is 14.2. The van der Waals surface area contributed by atoms with E-state index in [2.05, 4.69) is 43.3 Å². The van der Waals surface area contributed by atoms with E-state index in [0.717, 1.165) is 24.3 Å².